The summed E-state index contributed by atoms with van der Waals surface area (Å²) < 4.78 is 7.15. The fourth-order valence-corrected chi connectivity index (χ4v) is 3.89. The SMILES string of the molecule is N#CCOc1ccc(C2c3[nH]c4ccc(Cl)cc4c3CCN2Cl)cc1. The van der Waals surface area contributed by atoms with E-state index in [1.807, 2.05) is 53.0 Å². The first-order valence-electron chi connectivity index (χ1n) is 7.99. The molecule has 0 saturated heterocycles. The second kappa shape index (κ2) is 6.61. The zero-order valence-corrected chi connectivity index (χ0v) is 14.8. The van der Waals surface area contributed by atoms with Crippen molar-refractivity contribution < 1.29 is 4.74 Å². The molecule has 1 aliphatic rings. The molecule has 1 N–H and O–H groups in total. The van der Waals surface area contributed by atoms with Crippen molar-refractivity contribution in [3.05, 3.63) is 64.3 Å². The fourth-order valence-electron chi connectivity index (χ4n) is 3.42. The molecule has 1 aliphatic heterocycles. The van der Waals surface area contributed by atoms with Crippen molar-refractivity contribution >= 4 is 34.3 Å². The molecule has 4 rings (SSSR count). The van der Waals surface area contributed by atoms with E-state index in [2.05, 4.69) is 4.98 Å². The van der Waals surface area contributed by atoms with E-state index >= 15 is 0 Å². The van der Waals surface area contributed by atoms with Gasteiger partial charge in [-0.25, -0.2) is 4.42 Å². The number of hydrogen-bond donors (Lipinski definition) is 1. The third-order valence-electron chi connectivity index (χ3n) is 4.53. The molecule has 0 amide bonds. The average molecular weight is 372 g/mol. The normalized spacial score (nSPS) is 17.2. The molecule has 2 heterocycles. The van der Waals surface area contributed by atoms with Crippen LogP contribution < -0.4 is 4.74 Å². The molecule has 1 aromatic heterocycles. The van der Waals surface area contributed by atoms with Crippen LogP contribution in [0.5, 0.6) is 5.75 Å². The van der Waals surface area contributed by atoms with Crippen LogP contribution in [-0.2, 0) is 6.42 Å². The Balaban J connectivity index is 1.75. The summed E-state index contributed by atoms with van der Waals surface area (Å²) in [6, 6.07) is 15.5. The van der Waals surface area contributed by atoms with E-state index in [1.54, 1.807) is 0 Å². The van der Waals surface area contributed by atoms with Gasteiger partial charge in [-0.15, -0.1) is 0 Å². The Morgan fingerprint density at radius 1 is 1.24 bits per heavy atom. The van der Waals surface area contributed by atoms with E-state index in [-0.39, 0.29) is 12.6 Å². The van der Waals surface area contributed by atoms with E-state index in [9.17, 15) is 0 Å². The highest BCUT2D eigenvalue weighted by Gasteiger charge is 2.30. The van der Waals surface area contributed by atoms with Crippen molar-refractivity contribution in [3.63, 3.8) is 0 Å². The molecule has 2 aromatic carbocycles. The summed E-state index contributed by atoms with van der Waals surface area (Å²) in [6.45, 7) is 0.794. The van der Waals surface area contributed by atoms with Crippen LogP contribution in [-0.4, -0.2) is 22.6 Å². The Labute approximate surface area is 155 Å². The largest absolute Gasteiger partial charge is 0.479 e. The lowest BCUT2D eigenvalue weighted by molar-refractivity contribution is 0.360. The number of fused-ring (bicyclic) bond motifs is 3. The first-order chi connectivity index (χ1) is 12.2. The lowest BCUT2D eigenvalue weighted by Gasteiger charge is -2.30. The lowest BCUT2D eigenvalue weighted by Crippen LogP contribution is -2.28. The van der Waals surface area contributed by atoms with E-state index in [0.29, 0.717) is 5.75 Å². The molecule has 0 radical (unpaired) electrons. The van der Waals surface area contributed by atoms with Crippen molar-refractivity contribution in [2.24, 2.45) is 0 Å². The molecule has 0 saturated carbocycles. The number of hydrogen-bond acceptors (Lipinski definition) is 3. The predicted molar refractivity (Wildman–Crippen MR) is 99.0 cm³/mol. The quantitative estimate of drug-likeness (QED) is 0.671. The number of halogens is 2. The molecule has 0 fully saturated rings. The van der Waals surface area contributed by atoms with Gasteiger partial charge in [0.05, 0.1) is 6.04 Å². The molecule has 1 atom stereocenters. The van der Waals surface area contributed by atoms with Gasteiger partial charge in [-0.1, -0.05) is 23.7 Å². The highest BCUT2D eigenvalue weighted by Crippen LogP contribution is 2.40. The zero-order chi connectivity index (χ0) is 17.4. The molecule has 3 aromatic rings. The summed E-state index contributed by atoms with van der Waals surface area (Å²) >= 11 is 12.7. The van der Waals surface area contributed by atoms with Crippen molar-refractivity contribution in [1.82, 2.24) is 9.40 Å². The summed E-state index contributed by atoms with van der Waals surface area (Å²) in [5.41, 5.74) is 4.51. The van der Waals surface area contributed by atoms with Crippen molar-refractivity contribution in [2.45, 2.75) is 12.5 Å². The molecule has 126 valence electrons. The van der Waals surface area contributed by atoms with Crippen LogP contribution in [0.2, 0.25) is 5.02 Å². The number of nitriles is 1. The van der Waals surface area contributed by atoms with Gasteiger partial charge in [-0.3, -0.25) is 0 Å². The van der Waals surface area contributed by atoms with E-state index in [4.69, 9.17) is 33.4 Å². The van der Waals surface area contributed by atoms with Gasteiger partial charge in [0.2, 0.25) is 0 Å². The van der Waals surface area contributed by atoms with E-state index < -0.39 is 0 Å². The van der Waals surface area contributed by atoms with Crippen LogP contribution in [0.3, 0.4) is 0 Å². The summed E-state index contributed by atoms with van der Waals surface area (Å²) in [7, 11) is 0. The van der Waals surface area contributed by atoms with Gasteiger partial charge < -0.3 is 9.72 Å². The molecular weight excluding hydrogens is 357 g/mol. The smallest absolute Gasteiger partial charge is 0.174 e. The second-order valence-electron chi connectivity index (χ2n) is 6.00. The van der Waals surface area contributed by atoms with Crippen LogP contribution in [0.15, 0.2) is 42.5 Å². The molecule has 0 bridgehead atoms. The minimum absolute atomic E-state index is 0.0390. The fraction of sp³-hybridized carbons (Fsp3) is 0.211. The molecule has 25 heavy (non-hydrogen) atoms. The third kappa shape index (κ3) is 2.96. The summed E-state index contributed by atoms with van der Waals surface area (Å²) in [4.78, 5) is 3.51. The number of aromatic nitrogens is 1. The number of nitrogens with zero attached hydrogens (tertiary/aromatic N) is 2. The maximum Gasteiger partial charge on any atom is 0.174 e. The van der Waals surface area contributed by atoms with Crippen LogP contribution in [0.25, 0.3) is 10.9 Å². The maximum atomic E-state index is 8.61. The van der Waals surface area contributed by atoms with Crippen molar-refractivity contribution in [1.29, 1.82) is 5.26 Å². The number of nitrogens with one attached hydrogen (secondary N) is 1. The Morgan fingerprint density at radius 3 is 2.80 bits per heavy atom. The summed E-state index contributed by atoms with van der Waals surface area (Å²) in [5.74, 6) is 0.672. The first kappa shape index (κ1) is 16.3. The van der Waals surface area contributed by atoms with Gasteiger partial charge in [0, 0.05) is 28.2 Å². The van der Waals surface area contributed by atoms with E-state index in [1.165, 1.54) is 5.56 Å². The molecule has 1 unspecified atom stereocenters. The zero-order valence-electron chi connectivity index (χ0n) is 13.3. The number of aromatic amines is 1. The van der Waals surface area contributed by atoms with Gasteiger partial charge in [0.15, 0.2) is 6.61 Å². The number of benzene rings is 2. The van der Waals surface area contributed by atoms with Gasteiger partial charge in [-0.2, -0.15) is 5.26 Å². The van der Waals surface area contributed by atoms with Gasteiger partial charge in [0.1, 0.15) is 11.8 Å². The van der Waals surface area contributed by atoms with Gasteiger partial charge in [-0.05, 0) is 59.7 Å². The molecule has 4 nitrogen and oxygen atoms in total. The van der Waals surface area contributed by atoms with Crippen molar-refractivity contribution in [3.8, 4) is 11.8 Å². The average Bonchev–Trinajstić information content (AvgIpc) is 2.98. The summed E-state index contributed by atoms with van der Waals surface area (Å²) in [5, 5.41) is 10.5. The Bertz CT molecular complexity index is 959. The molecule has 0 spiro atoms. The van der Waals surface area contributed by atoms with Crippen LogP contribution in [0.1, 0.15) is 22.9 Å². The van der Waals surface area contributed by atoms with Crippen LogP contribution in [0, 0.1) is 11.3 Å². The maximum absolute atomic E-state index is 8.61. The Morgan fingerprint density at radius 2 is 2.04 bits per heavy atom. The monoisotopic (exact) mass is 371 g/mol. The third-order valence-corrected chi connectivity index (χ3v) is 5.13. The minimum Gasteiger partial charge on any atom is -0.479 e. The summed E-state index contributed by atoms with van der Waals surface area (Å²) in [6.07, 6.45) is 0.874. The molecule has 6 heteroatoms. The van der Waals surface area contributed by atoms with Crippen LogP contribution in [0.4, 0.5) is 0 Å². The highest BCUT2D eigenvalue weighted by molar-refractivity contribution is 6.31. The van der Waals surface area contributed by atoms with Gasteiger partial charge in [0.25, 0.3) is 0 Å². The van der Waals surface area contributed by atoms with Crippen LogP contribution >= 0.6 is 23.4 Å². The molecular formula is C19H15Cl2N3O. The minimum atomic E-state index is -0.0680. The predicted octanol–water partition coefficient (Wildman–Crippen LogP) is 4.82. The number of rotatable bonds is 3. The van der Waals surface area contributed by atoms with E-state index in [0.717, 1.165) is 40.1 Å². The lowest BCUT2D eigenvalue weighted by atomic mass is 9.94. The first-order valence-corrected chi connectivity index (χ1v) is 8.71. The Hall–Kier alpha value is -2.19. The second-order valence-corrected chi connectivity index (χ2v) is 6.87. The van der Waals surface area contributed by atoms with Gasteiger partial charge >= 0.3 is 0 Å². The standard InChI is InChI=1S/C19H15Cl2N3O/c20-13-3-6-17-16(11-13)15-7-9-24(21)19(18(15)23-17)12-1-4-14(5-2-12)25-10-8-22/h1-6,11,19,23H,7,9-10H2. The van der Waals surface area contributed by atoms with Crippen molar-refractivity contribution in [2.75, 3.05) is 13.2 Å². The highest BCUT2D eigenvalue weighted by atomic mass is 35.5. The molecule has 0 aliphatic carbocycles. The number of ether oxygens (including phenoxy) is 1. The Kier molecular flexibility index (Phi) is 4.30. The number of H-pyrrole nitrogens is 1. The topological polar surface area (TPSA) is 52.0 Å².